The first kappa shape index (κ1) is 17.1. The zero-order chi connectivity index (χ0) is 15.3. The fraction of sp³-hybridized carbons (Fsp3) is 0.818. The van der Waals surface area contributed by atoms with Crippen LogP contribution in [0.5, 0.6) is 0 Å². The van der Waals surface area contributed by atoms with E-state index in [4.69, 9.17) is 5.11 Å². The molecule has 1 aliphatic rings. The van der Waals surface area contributed by atoms with E-state index < -0.39 is 33.1 Å². The van der Waals surface area contributed by atoms with E-state index in [0.29, 0.717) is 24.5 Å². The van der Waals surface area contributed by atoms with Crippen LogP contribution in [0.1, 0.15) is 13.3 Å². The van der Waals surface area contributed by atoms with Crippen molar-refractivity contribution in [1.29, 1.82) is 0 Å². The minimum absolute atomic E-state index is 0.00475. The maximum absolute atomic E-state index is 12.0. The van der Waals surface area contributed by atoms with Crippen LogP contribution in [-0.2, 0) is 14.6 Å². The number of aliphatic carboxylic acids is 1. The number of amides is 2. The third kappa shape index (κ3) is 4.55. The molecule has 1 rings (SSSR count). The highest BCUT2D eigenvalue weighted by molar-refractivity contribution is 8.00. The second kappa shape index (κ2) is 7.16. The number of nitrogens with zero attached hydrogens (tertiary/aromatic N) is 1. The molecule has 0 aliphatic carbocycles. The van der Waals surface area contributed by atoms with Gasteiger partial charge in [0.25, 0.3) is 0 Å². The van der Waals surface area contributed by atoms with Gasteiger partial charge in [-0.15, -0.1) is 0 Å². The lowest BCUT2D eigenvalue weighted by Gasteiger charge is -2.34. The molecule has 0 aromatic rings. The molecule has 1 heterocycles. The molecule has 2 amide bonds. The van der Waals surface area contributed by atoms with E-state index in [2.05, 4.69) is 5.32 Å². The minimum atomic E-state index is -3.35. The minimum Gasteiger partial charge on any atom is -0.481 e. The van der Waals surface area contributed by atoms with E-state index >= 15 is 0 Å². The van der Waals surface area contributed by atoms with Crippen molar-refractivity contribution >= 4 is 33.6 Å². The van der Waals surface area contributed by atoms with Gasteiger partial charge in [-0.1, -0.05) is 6.92 Å². The van der Waals surface area contributed by atoms with E-state index in [1.165, 1.54) is 16.7 Å². The Balaban J connectivity index is 2.67. The molecule has 7 nitrogen and oxygen atoms in total. The third-order valence-corrected chi connectivity index (χ3v) is 5.82. The normalized spacial score (nSPS) is 21.3. The number of carbonyl (C=O) groups excluding carboxylic acids is 1. The summed E-state index contributed by atoms with van der Waals surface area (Å²) in [4.78, 5) is 24.2. The van der Waals surface area contributed by atoms with Crippen LogP contribution in [0.3, 0.4) is 0 Å². The summed E-state index contributed by atoms with van der Waals surface area (Å²) in [6, 6.07) is -0.513. The molecule has 0 aromatic heterocycles. The monoisotopic (exact) mass is 324 g/mol. The van der Waals surface area contributed by atoms with E-state index in [9.17, 15) is 18.0 Å². The predicted molar refractivity (Wildman–Crippen MR) is 77.5 cm³/mol. The lowest BCUT2D eigenvalue weighted by Crippen LogP contribution is -2.54. The first-order valence-corrected chi connectivity index (χ1v) is 9.42. The number of hydrogen-bond acceptors (Lipinski definition) is 5. The molecule has 2 atom stereocenters. The Hall–Kier alpha value is -0.960. The summed E-state index contributed by atoms with van der Waals surface area (Å²) in [5.74, 6) is -0.603. The van der Waals surface area contributed by atoms with Gasteiger partial charge in [0.2, 0.25) is 0 Å². The highest BCUT2D eigenvalue weighted by atomic mass is 32.2. The van der Waals surface area contributed by atoms with E-state index in [0.717, 1.165) is 6.26 Å². The average molecular weight is 324 g/mol. The molecule has 0 radical (unpaired) electrons. The van der Waals surface area contributed by atoms with Crippen molar-refractivity contribution in [2.24, 2.45) is 5.92 Å². The standard InChI is InChI=1S/C11H20N2O5S2/c1-3-8(10(14)15)6-12-11(16)13-4-5-19-7-9(13)20(2,17)18/h8-9H,3-7H2,1-2H3,(H,12,16)(H,14,15). The second-order valence-corrected chi connectivity index (χ2v) is 8.03. The van der Waals surface area contributed by atoms with Crippen molar-refractivity contribution in [1.82, 2.24) is 10.2 Å². The van der Waals surface area contributed by atoms with Crippen molar-refractivity contribution < 1.29 is 23.1 Å². The van der Waals surface area contributed by atoms with Crippen LogP contribution in [-0.4, -0.2) is 66.6 Å². The molecule has 0 saturated carbocycles. The van der Waals surface area contributed by atoms with Gasteiger partial charge in [0.05, 0.1) is 5.92 Å². The van der Waals surface area contributed by atoms with Crippen molar-refractivity contribution in [3.63, 3.8) is 0 Å². The van der Waals surface area contributed by atoms with Crippen LogP contribution >= 0.6 is 11.8 Å². The highest BCUT2D eigenvalue weighted by Crippen LogP contribution is 2.20. The number of thioether (sulfide) groups is 1. The molecule has 1 aliphatic heterocycles. The first-order chi connectivity index (χ1) is 9.27. The molecular weight excluding hydrogens is 304 g/mol. The topological polar surface area (TPSA) is 104 Å². The summed E-state index contributed by atoms with van der Waals surface area (Å²) in [5.41, 5.74) is 0. The molecule has 116 valence electrons. The molecule has 0 spiro atoms. The van der Waals surface area contributed by atoms with E-state index in [-0.39, 0.29) is 6.54 Å². The summed E-state index contributed by atoms with van der Waals surface area (Å²) >= 11 is 1.49. The van der Waals surface area contributed by atoms with Gasteiger partial charge in [-0.25, -0.2) is 13.2 Å². The number of sulfone groups is 1. The number of urea groups is 1. The highest BCUT2D eigenvalue weighted by Gasteiger charge is 2.34. The van der Waals surface area contributed by atoms with Gasteiger partial charge < -0.3 is 15.3 Å². The summed E-state index contributed by atoms with van der Waals surface area (Å²) in [5, 5.41) is 10.6. The third-order valence-electron chi connectivity index (χ3n) is 3.18. The smallest absolute Gasteiger partial charge is 0.318 e. The Morgan fingerprint density at radius 1 is 1.50 bits per heavy atom. The Bertz CT molecular complexity index is 465. The maximum atomic E-state index is 12.0. The second-order valence-electron chi connectivity index (χ2n) is 4.68. The van der Waals surface area contributed by atoms with Crippen molar-refractivity contribution in [3.05, 3.63) is 0 Å². The number of hydrogen-bond donors (Lipinski definition) is 2. The maximum Gasteiger partial charge on any atom is 0.318 e. The molecule has 1 saturated heterocycles. The van der Waals surface area contributed by atoms with Gasteiger partial charge in [-0.3, -0.25) is 4.79 Å². The fourth-order valence-electron chi connectivity index (χ4n) is 1.89. The molecule has 2 N–H and O–H groups in total. The SMILES string of the molecule is CCC(CNC(=O)N1CCSCC1S(C)(=O)=O)C(=O)O. The molecular formula is C11H20N2O5S2. The van der Waals surface area contributed by atoms with Gasteiger partial charge in [0, 0.05) is 30.9 Å². The quantitative estimate of drug-likeness (QED) is 0.750. The van der Waals surface area contributed by atoms with Gasteiger partial charge in [-0.05, 0) is 6.42 Å². The number of carboxylic acid groups (broad SMARTS) is 1. The van der Waals surface area contributed by atoms with Gasteiger partial charge in [0.1, 0.15) is 5.37 Å². The number of rotatable bonds is 5. The summed E-state index contributed by atoms with van der Waals surface area (Å²) in [6.45, 7) is 2.07. The zero-order valence-electron chi connectivity index (χ0n) is 11.5. The van der Waals surface area contributed by atoms with E-state index in [1.54, 1.807) is 6.92 Å². The van der Waals surface area contributed by atoms with Crippen LogP contribution in [0.2, 0.25) is 0 Å². The van der Waals surface area contributed by atoms with Crippen molar-refractivity contribution in [3.8, 4) is 0 Å². The first-order valence-electron chi connectivity index (χ1n) is 6.31. The van der Waals surface area contributed by atoms with Gasteiger partial charge in [0.15, 0.2) is 9.84 Å². The Labute approximate surface area is 123 Å². The number of carbonyl (C=O) groups is 2. The Morgan fingerprint density at radius 3 is 2.65 bits per heavy atom. The number of carboxylic acids is 1. The van der Waals surface area contributed by atoms with Gasteiger partial charge in [-0.2, -0.15) is 11.8 Å². The molecule has 20 heavy (non-hydrogen) atoms. The van der Waals surface area contributed by atoms with Gasteiger partial charge >= 0.3 is 12.0 Å². The fourth-order valence-corrected chi connectivity index (χ4v) is 4.70. The molecule has 0 bridgehead atoms. The molecule has 0 aromatic carbocycles. The largest absolute Gasteiger partial charge is 0.481 e. The average Bonchev–Trinajstić information content (AvgIpc) is 2.37. The van der Waals surface area contributed by atoms with Crippen LogP contribution < -0.4 is 5.32 Å². The zero-order valence-corrected chi connectivity index (χ0v) is 13.2. The van der Waals surface area contributed by atoms with Crippen LogP contribution in [0.15, 0.2) is 0 Å². The Kier molecular flexibility index (Phi) is 6.12. The summed E-state index contributed by atoms with van der Waals surface area (Å²) < 4.78 is 23.3. The molecule has 1 fully saturated rings. The molecule has 9 heteroatoms. The number of nitrogens with one attached hydrogen (secondary N) is 1. The summed E-state index contributed by atoms with van der Waals surface area (Å²) in [7, 11) is -3.35. The van der Waals surface area contributed by atoms with Crippen molar-refractivity contribution in [2.45, 2.75) is 18.7 Å². The lowest BCUT2D eigenvalue weighted by molar-refractivity contribution is -0.141. The van der Waals surface area contributed by atoms with Crippen LogP contribution in [0.25, 0.3) is 0 Å². The van der Waals surface area contributed by atoms with Crippen LogP contribution in [0, 0.1) is 5.92 Å². The van der Waals surface area contributed by atoms with Crippen molar-refractivity contribution in [2.75, 3.05) is 30.9 Å². The lowest BCUT2D eigenvalue weighted by atomic mass is 10.1. The Morgan fingerprint density at radius 2 is 2.15 bits per heavy atom. The molecule has 2 unspecified atom stereocenters. The van der Waals surface area contributed by atoms with Crippen LogP contribution in [0.4, 0.5) is 4.79 Å². The van der Waals surface area contributed by atoms with E-state index in [1.807, 2.05) is 0 Å². The predicted octanol–water partition coefficient (Wildman–Crippen LogP) is 0.226. The summed E-state index contributed by atoms with van der Waals surface area (Å²) in [6.07, 6.45) is 1.51.